The van der Waals surface area contributed by atoms with E-state index >= 15 is 0 Å². The van der Waals surface area contributed by atoms with Crippen LogP contribution in [0.5, 0.6) is 5.75 Å². The third-order valence-electron chi connectivity index (χ3n) is 13.6. The van der Waals surface area contributed by atoms with Gasteiger partial charge in [-0.1, -0.05) is 178 Å². The van der Waals surface area contributed by atoms with Crippen LogP contribution in [-0.2, 0) is 5.41 Å². The third-order valence-corrected chi connectivity index (χ3v) is 13.6. The van der Waals surface area contributed by atoms with Gasteiger partial charge in [0.2, 0.25) is 0 Å². The molecule has 4 heteroatoms. The smallest absolute Gasteiger partial charge is 0.149 e. The Morgan fingerprint density at radius 2 is 1.03 bits per heavy atom. The predicted molar refractivity (Wildman–Crippen MR) is 297 cm³/mol. The first kappa shape index (κ1) is 41.4. The quantitative estimate of drug-likeness (QED) is 0.157. The average Bonchev–Trinajstić information content (AvgIpc) is 3.81. The Labute approximate surface area is 421 Å². The summed E-state index contributed by atoms with van der Waals surface area (Å²) in [6.07, 6.45) is 1.88. The Kier molecular flexibility index (Phi) is 10.7. The lowest BCUT2D eigenvalue weighted by atomic mass is 9.85. The molecular weight excluding hydrogens is 863 g/mol. The number of para-hydroxylation sites is 1. The molecular formula is C67H55N3O. The van der Waals surface area contributed by atoms with E-state index < -0.39 is 6.85 Å². The summed E-state index contributed by atoms with van der Waals surface area (Å²) in [4.78, 5) is 10.6. The molecule has 0 bridgehead atoms. The van der Waals surface area contributed by atoms with Crippen molar-refractivity contribution in [1.29, 1.82) is 0 Å². The highest BCUT2D eigenvalue weighted by Crippen LogP contribution is 2.44. The first-order valence-corrected chi connectivity index (χ1v) is 24.2. The maximum absolute atomic E-state index is 12.1. The maximum atomic E-state index is 12.1. The second-order valence-electron chi connectivity index (χ2n) is 19.6. The van der Waals surface area contributed by atoms with E-state index in [0.29, 0.717) is 22.5 Å². The fourth-order valence-corrected chi connectivity index (χ4v) is 9.88. The summed E-state index contributed by atoms with van der Waals surface area (Å²) in [5.74, 6) is 0.651. The molecule has 0 aliphatic heterocycles. The van der Waals surface area contributed by atoms with Gasteiger partial charge in [-0.25, -0.2) is 4.98 Å². The van der Waals surface area contributed by atoms with Crippen LogP contribution in [0.3, 0.4) is 0 Å². The van der Waals surface area contributed by atoms with Crippen LogP contribution in [0.15, 0.2) is 219 Å². The second-order valence-corrected chi connectivity index (χ2v) is 19.6. The number of fused-ring (bicyclic) bond motifs is 1. The largest absolute Gasteiger partial charge is 0.507 e. The average molecular weight is 921 g/mol. The molecule has 11 aromatic rings. The molecule has 0 saturated carbocycles. The molecule has 0 fully saturated rings. The topological polar surface area (TPSA) is 50.9 Å². The van der Waals surface area contributed by atoms with Gasteiger partial charge in [-0.15, -0.1) is 0 Å². The van der Waals surface area contributed by atoms with Crippen LogP contribution in [0.4, 0.5) is 0 Å². The Hall–Kier alpha value is -8.60. The van der Waals surface area contributed by atoms with Crippen molar-refractivity contribution in [2.45, 2.75) is 46.9 Å². The first-order chi connectivity index (χ1) is 35.7. The molecule has 2 heterocycles. The summed E-state index contributed by atoms with van der Waals surface area (Å²) < 4.78 is 28.9. The summed E-state index contributed by atoms with van der Waals surface area (Å²) in [6, 6.07) is 72.5. The first-order valence-electron chi connectivity index (χ1n) is 25.7. The summed E-state index contributed by atoms with van der Waals surface area (Å²) in [6.45, 7) is 8.05. The molecule has 0 unspecified atom stereocenters. The van der Waals surface area contributed by atoms with Crippen molar-refractivity contribution >= 4 is 11.0 Å². The molecule has 0 radical (unpaired) electrons. The minimum atomic E-state index is -2.44. The number of aromatic hydroxyl groups is 1. The van der Waals surface area contributed by atoms with E-state index in [2.05, 4.69) is 171 Å². The van der Waals surface area contributed by atoms with Gasteiger partial charge in [0.25, 0.3) is 0 Å². The zero-order chi connectivity index (χ0) is 51.3. The Balaban J connectivity index is 1.16. The number of rotatable bonds is 9. The molecule has 0 atom stereocenters. The highest BCUT2D eigenvalue weighted by atomic mass is 16.3. The number of phenolic OH excluding ortho intramolecular Hbond substituents is 1. The summed E-state index contributed by atoms with van der Waals surface area (Å²) >= 11 is 0. The van der Waals surface area contributed by atoms with E-state index in [1.165, 1.54) is 5.56 Å². The van der Waals surface area contributed by atoms with Crippen LogP contribution in [0.2, 0.25) is 0 Å². The van der Waals surface area contributed by atoms with E-state index in [1.807, 2.05) is 86.8 Å². The number of nitrogens with zero attached hydrogens (tertiary/aromatic N) is 3. The Morgan fingerprint density at radius 3 is 1.69 bits per heavy atom. The van der Waals surface area contributed by atoms with Crippen LogP contribution in [0, 0.1) is 20.7 Å². The van der Waals surface area contributed by atoms with E-state index in [4.69, 9.17) is 14.1 Å². The van der Waals surface area contributed by atoms with Crippen LogP contribution < -0.4 is 0 Å². The SMILES string of the molecule is [2H]C([2H])([2H])c1cc(-c2ccc(C(C)(C)C)cc2)c(-n2c(-c3cc(C)cc(C)c3O)nc3c(-c4cc(-c5ccccc5)cc(-c5cc(-c6ccc(-c7ccccc7)cc6)ccn5)c4)cccc32)cc1-c1ccccc1. The van der Waals surface area contributed by atoms with Gasteiger partial charge in [0.1, 0.15) is 11.6 Å². The van der Waals surface area contributed by atoms with Gasteiger partial charge in [-0.05, 0) is 159 Å². The van der Waals surface area contributed by atoms with Crippen molar-refractivity contribution in [2.75, 3.05) is 0 Å². The van der Waals surface area contributed by atoms with Gasteiger partial charge in [-0.3, -0.25) is 9.55 Å². The normalized spacial score (nSPS) is 12.4. The van der Waals surface area contributed by atoms with Crippen molar-refractivity contribution in [2.24, 2.45) is 0 Å². The molecule has 0 aliphatic carbocycles. The molecule has 1 N–H and O–H groups in total. The number of benzene rings is 9. The summed E-state index contributed by atoms with van der Waals surface area (Å²) in [5.41, 5.74) is 18.9. The number of imidazole rings is 1. The summed E-state index contributed by atoms with van der Waals surface area (Å²) in [7, 11) is 0. The number of phenols is 1. The molecule has 0 saturated heterocycles. The molecule has 71 heavy (non-hydrogen) atoms. The number of pyridine rings is 1. The van der Waals surface area contributed by atoms with Crippen molar-refractivity contribution in [3.63, 3.8) is 0 Å². The molecule has 11 rings (SSSR count). The zero-order valence-electron chi connectivity index (χ0n) is 43.6. The monoisotopic (exact) mass is 920 g/mol. The van der Waals surface area contributed by atoms with E-state index in [-0.39, 0.29) is 16.7 Å². The summed E-state index contributed by atoms with van der Waals surface area (Å²) in [5, 5.41) is 12.1. The molecule has 0 spiro atoms. The van der Waals surface area contributed by atoms with Crippen molar-refractivity contribution in [1.82, 2.24) is 14.5 Å². The lowest BCUT2D eigenvalue weighted by Crippen LogP contribution is -2.10. The van der Waals surface area contributed by atoms with Gasteiger partial charge in [0.05, 0.1) is 28.0 Å². The lowest BCUT2D eigenvalue weighted by molar-refractivity contribution is 0.472. The van der Waals surface area contributed by atoms with Crippen LogP contribution >= 0.6 is 0 Å². The van der Waals surface area contributed by atoms with Crippen LogP contribution in [0.25, 0.3) is 106 Å². The van der Waals surface area contributed by atoms with Crippen molar-refractivity contribution in [3.8, 4) is 101 Å². The molecule has 0 aliphatic rings. The van der Waals surface area contributed by atoms with Gasteiger partial charge >= 0.3 is 0 Å². The molecule has 2 aromatic heterocycles. The molecule has 9 aromatic carbocycles. The van der Waals surface area contributed by atoms with E-state index in [9.17, 15) is 5.11 Å². The van der Waals surface area contributed by atoms with Gasteiger partial charge in [0.15, 0.2) is 0 Å². The Morgan fingerprint density at radius 1 is 0.451 bits per heavy atom. The molecule has 0 amide bonds. The third kappa shape index (κ3) is 8.74. The predicted octanol–water partition coefficient (Wildman–Crippen LogP) is 17.7. The van der Waals surface area contributed by atoms with Crippen LogP contribution in [0.1, 0.15) is 47.1 Å². The van der Waals surface area contributed by atoms with Crippen LogP contribution in [-0.4, -0.2) is 19.6 Å². The minimum Gasteiger partial charge on any atom is -0.507 e. The van der Waals surface area contributed by atoms with E-state index in [0.717, 1.165) is 94.8 Å². The zero-order valence-corrected chi connectivity index (χ0v) is 40.6. The second kappa shape index (κ2) is 18.4. The van der Waals surface area contributed by atoms with Gasteiger partial charge in [0, 0.05) is 27.0 Å². The maximum Gasteiger partial charge on any atom is 0.149 e. The number of aromatic nitrogens is 3. The number of hydrogen-bond donors (Lipinski definition) is 1. The lowest BCUT2D eigenvalue weighted by Gasteiger charge is -2.21. The standard InChI is InChI=1S/C67H55N3O/c1-43-35-45(3)65(71)60(36-43)66-69-64-57(23-16-24-62(64)70(66)63-42-58(50-21-14-9-15-22-50)44(2)37-59(63)51-29-31-56(32-30-51)67(4,5)6)54-38-53(47-19-12-8-13-20-47)39-55(40-54)61-41-52(33-34-68-61)49-27-25-48(26-28-49)46-17-10-7-11-18-46/h7-42,71H,1-6H3/i2D3. The highest BCUT2D eigenvalue weighted by molar-refractivity contribution is 5.99. The van der Waals surface area contributed by atoms with Crippen molar-refractivity contribution < 1.29 is 9.22 Å². The van der Waals surface area contributed by atoms with Gasteiger partial charge < -0.3 is 5.11 Å². The highest BCUT2D eigenvalue weighted by Gasteiger charge is 2.25. The molecule has 344 valence electrons. The fraction of sp³-hybridized carbons (Fsp3) is 0.104. The number of hydrogen-bond acceptors (Lipinski definition) is 3. The molecule has 4 nitrogen and oxygen atoms in total. The van der Waals surface area contributed by atoms with Crippen molar-refractivity contribution in [3.05, 3.63) is 241 Å². The fourth-order valence-electron chi connectivity index (χ4n) is 9.88. The minimum absolute atomic E-state index is 0.0985. The number of aryl methyl sites for hydroxylation is 3. The van der Waals surface area contributed by atoms with Gasteiger partial charge in [-0.2, -0.15) is 0 Å². The van der Waals surface area contributed by atoms with E-state index in [1.54, 1.807) is 0 Å². The Bertz CT molecular complexity index is 3860.